The van der Waals surface area contributed by atoms with Gasteiger partial charge in [-0.3, -0.25) is 10.1 Å². The van der Waals surface area contributed by atoms with Gasteiger partial charge in [-0.2, -0.15) is 4.98 Å². The standard InChI is InChI=1S/C13H11N3O5/c1-7-4-3-5-10(11(7)16(19)20)21-13-14-6-9(12(17)18)8(2)15-13/h3-6H,1-2H3,(H,17,18). The first-order valence-corrected chi connectivity index (χ1v) is 5.89. The Morgan fingerprint density at radius 3 is 2.67 bits per heavy atom. The molecule has 0 bridgehead atoms. The van der Waals surface area contributed by atoms with Gasteiger partial charge in [0.25, 0.3) is 0 Å². The normalized spacial score (nSPS) is 10.2. The summed E-state index contributed by atoms with van der Waals surface area (Å²) in [5.74, 6) is -1.15. The first-order chi connectivity index (χ1) is 9.90. The van der Waals surface area contributed by atoms with Gasteiger partial charge in [0.05, 0.1) is 16.2 Å². The molecule has 108 valence electrons. The van der Waals surface area contributed by atoms with Crippen LogP contribution in [0.4, 0.5) is 5.69 Å². The SMILES string of the molecule is Cc1cccc(Oc2ncc(C(=O)O)c(C)n2)c1[N+](=O)[O-]. The number of benzene rings is 1. The van der Waals surface area contributed by atoms with Gasteiger partial charge in [0.15, 0.2) is 0 Å². The summed E-state index contributed by atoms with van der Waals surface area (Å²) in [6, 6.07) is 4.47. The number of nitro groups is 1. The molecule has 0 spiro atoms. The Hall–Kier alpha value is -3.03. The molecule has 1 heterocycles. The quantitative estimate of drug-likeness (QED) is 0.678. The molecule has 1 N–H and O–H groups in total. The average Bonchev–Trinajstić information content (AvgIpc) is 2.37. The number of aromatic carboxylic acids is 1. The molecule has 0 aliphatic rings. The molecule has 1 aromatic heterocycles. The summed E-state index contributed by atoms with van der Waals surface area (Å²) >= 11 is 0. The molecule has 0 unspecified atom stereocenters. The third-order valence-electron chi connectivity index (χ3n) is 2.77. The summed E-state index contributed by atoms with van der Waals surface area (Å²) < 4.78 is 5.31. The zero-order chi connectivity index (χ0) is 15.6. The van der Waals surface area contributed by atoms with E-state index in [0.717, 1.165) is 6.20 Å². The van der Waals surface area contributed by atoms with E-state index in [-0.39, 0.29) is 28.7 Å². The van der Waals surface area contributed by atoms with Crippen LogP contribution in [0, 0.1) is 24.0 Å². The molecule has 0 radical (unpaired) electrons. The number of carbonyl (C=O) groups is 1. The molecule has 8 nitrogen and oxygen atoms in total. The molecular weight excluding hydrogens is 278 g/mol. The largest absolute Gasteiger partial charge is 0.478 e. The molecular formula is C13H11N3O5. The van der Waals surface area contributed by atoms with Crippen molar-refractivity contribution in [3.63, 3.8) is 0 Å². The van der Waals surface area contributed by atoms with E-state index in [9.17, 15) is 14.9 Å². The fourth-order valence-corrected chi connectivity index (χ4v) is 1.75. The van der Waals surface area contributed by atoms with Gasteiger partial charge in [-0.25, -0.2) is 9.78 Å². The maximum atomic E-state index is 11.1. The van der Waals surface area contributed by atoms with Crippen LogP contribution in [0.15, 0.2) is 24.4 Å². The molecule has 0 fully saturated rings. The van der Waals surface area contributed by atoms with E-state index in [4.69, 9.17) is 9.84 Å². The van der Waals surface area contributed by atoms with Crippen LogP contribution in [0.5, 0.6) is 11.8 Å². The minimum atomic E-state index is -1.15. The van der Waals surface area contributed by atoms with Crippen molar-refractivity contribution < 1.29 is 19.6 Å². The van der Waals surface area contributed by atoms with Crippen LogP contribution in [0.1, 0.15) is 21.6 Å². The third-order valence-corrected chi connectivity index (χ3v) is 2.77. The van der Waals surface area contributed by atoms with Gasteiger partial charge in [-0.1, -0.05) is 12.1 Å². The molecule has 0 aliphatic carbocycles. The van der Waals surface area contributed by atoms with E-state index in [1.807, 2.05) is 0 Å². The summed E-state index contributed by atoms with van der Waals surface area (Å²) in [6.07, 6.45) is 1.10. The first kappa shape index (κ1) is 14.4. The molecule has 0 amide bonds. The van der Waals surface area contributed by atoms with Gasteiger partial charge >= 0.3 is 17.7 Å². The van der Waals surface area contributed by atoms with Crippen molar-refractivity contribution in [2.75, 3.05) is 0 Å². The van der Waals surface area contributed by atoms with Crippen molar-refractivity contribution in [3.05, 3.63) is 51.3 Å². The smallest absolute Gasteiger partial charge is 0.339 e. The summed E-state index contributed by atoms with van der Waals surface area (Å²) in [6.45, 7) is 3.08. The Morgan fingerprint density at radius 2 is 2.10 bits per heavy atom. The van der Waals surface area contributed by atoms with E-state index >= 15 is 0 Å². The Bertz CT molecular complexity index is 730. The van der Waals surface area contributed by atoms with Crippen LogP contribution in [-0.2, 0) is 0 Å². The highest BCUT2D eigenvalue weighted by Gasteiger charge is 2.20. The second-order valence-electron chi connectivity index (χ2n) is 4.24. The highest BCUT2D eigenvalue weighted by molar-refractivity contribution is 5.88. The number of nitro benzene ring substituents is 1. The van der Waals surface area contributed by atoms with Gasteiger partial charge in [0, 0.05) is 11.8 Å². The molecule has 21 heavy (non-hydrogen) atoms. The number of nitrogens with zero attached hydrogens (tertiary/aromatic N) is 3. The van der Waals surface area contributed by atoms with Crippen molar-refractivity contribution in [1.82, 2.24) is 9.97 Å². The predicted molar refractivity (Wildman–Crippen MR) is 71.6 cm³/mol. The van der Waals surface area contributed by atoms with Crippen LogP contribution in [0.25, 0.3) is 0 Å². The highest BCUT2D eigenvalue weighted by Crippen LogP contribution is 2.32. The minimum Gasteiger partial charge on any atom is -0.478 e. The Kier molecular flexibility index (Phi) is 3.79. The summed E-state index contributed by atoms with van der Waals surface area (Å²) in [5, 5.41) is 19.9. The van der Waals surface area contributed by atoms with Gasteiger partial charge in [-0.05, 0) is 19.9 Å². The molecule has 2 aromatic rings. The van der Waals surface area contributed by atoms with Crippen molar-refractivity contribution in [2.24, 2.45) is 0 Å². The lowest BCUT2D eigenvalue weighted by molar-refractivity contribution is -0.386. The fraction of sp³-hybridized carbons (Fsp3) is 0.154. The number of para-hydroxylation sites is 1. The van der Waals surface area contributed by atoms with Crippen LogP contribution in [0.2, 0.25) is 0 Å². The molecule has 1 aromatic carbocycles. The lowest BCUT2D eigenvalue weighted by Gasteiger charge is -2.07. The molecule has 0 atom stereocenters. The molecule has 0 aliphatic heterocycles. The Morgan fingerprint density at radius 1 is 1.38 bits per heavy atom. The van der Waals surface area contributed by atoms with E-state index < -0.39 is 10.9 Å². The average molecular weight is 289 g/mol. The van der Waals surface area contributed by atoms with Crippen molar-refractivity contribution in [1.29, 1.82) is 0 Å². The molecule has 0 saturated heterocycles. The lowest BCUT2D eigenvalue weighted by Crippen LogP contribution is -2.05. The van der Waals surface area contributed by atoms with Crippen LogP contribution < -0.4 is 4.74 Å². The number of aryl methyl sites for hydroxylation is 2. The number of hydrogen-bond acceptors (Lipinski definition) is 6. The second kappa shape index (κ2) is 5.53. The summed E-state index contributed by atoms with van der Waals surface area (Å²) in [5.41, 5.74) is 0.418. The summed E-state index contributed by atoms with van der Waals surface area (Å²) in [7, 11) is 0. The van der Waals surface area contributed by atoms with E-state index in [2.05, 4.69) is 9.97 Å². The van der Waals surface area contributed by atoms with Gasteiger partial charge < -0.3 is 9.84 Å². The highest BCUT2D eigenvalue weighted by atomic mass is 16.6. The predicted octanol–water partition coefficient (Wildman–Crippen LogP) is 2.49. The monoisotopic (exact) mass is 289 g/mol. The van der Waals surface area contributed by atoms with Crippen LogP contribution in [0.3, 0.4) is 0 Å². The summed E-state index contributed by atoms with van der Waals surface area (Å²) in [4.78, 5) is 29.0. The van der Waals surface area contributed by atoms with Gasteiger partial charge in [0.1, 0.15) is 0 Å². The zero-order valence-electron chi connectivity index (χ0n) is 11.2. The number of rotatable bonds is 4. The van der Waals surface area contributed by atoms with Crippen LogP contribution in [-0.4, -0.2) is 26.0 Å². The van der Waals surface area contributed by atoms with Gasteiger partial charge in [-0.15, -0.1) is 0 Å². The fourth-order valence-electron chi connectivity index (χ4n) is 1.75. The number of hydrogen-bond donors (Lipinski definition) is 1. The minimum absolute atomic E-state index is 0.00229. The number of aromatic nitrogens is 2. The van der Waals surface area contributed by atoms with Crippen molar-refractivity contribution >= 4 is 11.7 Å². The maximum absolute atomic E-state index is 11.1. The number of carboxylic acids is 1. The van der Waals surface area contributed by atoms with E-state index in [1.165, 1.54) is 13.0 Å². The lowest BCUT2D eigenvalue weighted by atomic mass is 10.2. The zero-order valence-corrected chi connectivity index (χ0v) is 11.2. The number of carboxylic acid groups (broad SMARTS) is 1. The first-order valence-electron chi connectivity index (χ1n) is 5.89. The van der Waals surface area contributed by atoms with Crippen molar-refractivity contribution in [3.8, 4) is 11.8 Å². The topological polar surface area (TPSA) is 115 Å². The molecule has 8 heteroatoms. The van der Waals surface area contributed by atoms with E-state index in [1.54, 1.807) is 19.1 Å². The maximum Gasteiger partial charge on any atom is 0.339 e. The van der Waals surface area contributed by atoms with Gasteiger partial charge in [0.2, 0.25) is 5.75 Å². The second-order valence-corrected chi connectivity index (χ2v) is 4.24. The Balaban J connectivity index is 2.39. The third kappa shape index (κ3) is 2.94. The van der Waals surface area contributed by atoms with Crippen LogP contribution >= 0.6 is 0 Å². The Labute approximate surface area is 119 Å². The molecule has 2 rings (SSSR count). The molecule has 0 saturated carbocycles. The van der Waals surface area contributed by atoms with Crippen molar-refractivity contribution in [2.45, 2.75) is 13.8 Å². The number of ether oxygens (including phenoxy) is 1. The van der Waals surface area contributed by atoms with E-state index in [0.29, 0.717) is 5.56 Å².